The second kappa shape index (κ2) is 11.2. The minimum Gasteiger partial charge on any atom is -0.383 e. The van der Waals surface area contributed by atoms with Gasteiger partial charge in [0.2, 0.25) is 5.91 Å². The second-order valence-electron chi connectivity index (χ2n) is 6.56. The standard InChI is InChI=1S/C19H31N3O3/c1-21(10-12-24-2)9-8-20-19(23)14-18-16-22(11-13-25-18)15-17-6-4-3-5-7-17/h3-7,18H,8-16H2,1-2H3,(H,20,23)/t18-/m0/s1. The highest BCUT2D eigenvalue weighted by atomic mass is 16.5. The van der Waals surface area contributed by atoms with Crippen molar-refractivity contribution in [3.8, 4) is 0 Å². The van der Waals surface area contributed by atoms with E-state index in [0.29, 0.717) is 26.2 Å². The molecule has 140 valence electrons. The van der Waals surface area contributed by atoms with Gasteiger partial charge < -0.3 is 19.7 Å². The summed E-state index contributed by atoms with van der Waals surface area (Å²) in [6, 6.07) is 10.4. The molecule has 1 aliphatic rings. The van der Waals surface area contributed by atoms with E-state index in [1.54, 1.807) is 7.11 Å². The quantitative estimate of drug-likeness (QED) is 0.682. The molecule has 0 aliphatic carbocycles. The average molecular weight is 349 g/mol. The van der Waals surface area contributed by atoms with Crippen molar-refractivity contribution in [2.75, 3.05) is 60.1 Å². The van der Waals surface area contributed by atoms with Crippen molar-refractivity contribution in [1.82, 2.24) is 15.1 Å². The first-order valence-corrected chi connectivity index (χ1v) is 8.99. The molecule has 25 heavy (non-hydrogen) atoms. The van der Waals surface area contributed by atoms with Gasteiger partial charge >= 0.3 is 0 Å². The van der Waals surface area contributed by atoms with Crippen molar-refractivity contribution in [2.24, 2.45) is 0 Å². The maximum absolute atomic E-state index is 12.1. The molecule has 0 saturated carbocycles. The van der Waals surface area contributed by atoms with E-state index < -0.39 is 0 Å². The molecule has 1 fully saturated rings. The molecule has 1 aromatic rings. The van der Waals surface area contributed by atoms with E-state index in [0.717, 1.165) is 32.7 Å². The Morgan fingerprint density at radius 1 is 1.36 bits per heavy atom. The molecule has 0 bridgehead atoms. The van der Waals surface area contributed by atoms with Gasteiger partial charge in [-0.3, -0.25) is 9.69 Å². The third kappa shape index (κ3) is 7.96. The summed E-state index contributed by atoms with van der Waals surface area (Å²) in [7, 11) is 3.72. The molecular formula is C19H31N3O3. The third-order valence-electron chi connectivity index (χ3n) is 4.38. The first kappa shape index (κ1) is 19.8. The number of methoxy groups -OCH3 is 1. The van der Waals surface area contributed by atoms with E-state index in [9.17, 15) is 4.79 Å². The van der Waals surface area contributed by atoms with Crippen LogP contribution in [0.1, 0.15) is 12.0 Å². The van der Waals surface area contributed by atoms with Crippen molar-refractivity contribution >= 4 is 5.91 Å². The Labute approximate surface area is 151 Å². The monoisotopic (exact) mass is 349 g/mol. The lowest BCUT2D eigenvalue weighted by molar-refractivity contribution is -0.126. The molecule has 0 radical (unpaired) electrons. The SMILES string of the molecule is COCCN(C)CCNC(=O)C[C@H]1CN(Cc2ccccc2)CCO1. The maximum Gasteiger partial charge on any atom is 0.222 e. The fourth-order valence-electron chi connectivity index (χ4n) is 2.91. The smallest absolute Gasteiger partial charge is 0.222 e. The summed E-state index contributed by atoms with van der Waals surface area (Å²) in [5, 5.41) is 2.98. The van der Waals surface area contributed by atoms with Gasteiger partial charge in [0, 0.05) is 46.4 Å². The lowest BCUT2D eigenvalue weighted by Crippen LogP contribution is -2.44. The molecule has 1 amide bonds. The summed E-state index contributed by atoms with van der Waals surface area (Å²) in [5.74, 6) is 0.0618. The number of hydrogen-bond donors (Lipinski definition) is 1. The van der Waals surface area contributed by atoms with E-state index >= 15 is 0 Å². The van der Waals surface area contributed by atoms with Gasteiger partial charge in [-0.1, -0.05) is 30.3 Å². The van der Waals surface area contributed by atoms with Crippen LogP contribution in [0, 0.1) is 0 Å². The minimum atomic E-state index is -0.0244. The van der Waals surface area contributed by atoms with Crippen LogP contribution in [-0.2, 0) is 20.8 Å². The molecular weight excluding hydrogens is 318 g/mol. The molecule has 1 saturated heterocycles. The van der Waals surface area contributed by atoms with Gasteiger partial charge in [0.05, 0.1) is 25.7 Å². The molecule has 6 nitrogen and oxygen atoms in total. The van der Waals surface area contributed by atoms with Crippen molar-refractivity contribution < 1.29 is 14.3 Å². The Hall–Kier alpha value is -1.47. The van der Waals surface area contributed by atoms with Crippen LogP contribution in [0.5, 0.6) is 0 Å². The summed E-state index contributed by atoms with van der Waals surface area (Å²) in [4.78, 5) is 16.6. The summed E-state index contributed by atoms with van der Waals surface area (Å²) in [5.41, 5.74) is 1.30. The molecule has 1 N–H and O–H groups in total. The van der Waals surface area contributed by atoms with Crippen LogP contribution in [0.3, 0.4) is 0 Å². The van der Waals surface area contributed by atoms with Gasteiger partial charge in [-0.2, -0.15) is 0 Å². The van der Waals surface area contributed by atoms with Gasteiger partial charge in [-0.05, 0) is 12.6 Å². The van der Waals surface area contributed by atoms with E-state index in [-0.39, 0.29) is 12.0 Å². The van der Waals surface area contributed by atoms with E-state index in [4.69, 9.17) is 9.47 Å². The number of nitrogens with zero attached hydrogens (tertiary/aromatic N) is 2. The zero-order valence-electron chi connectivity index (χ0n) is 15.4. The lowest BCUT2D eigenvalue weighted by Gasteiger charge is -2.32. The van der Waals surface area contributed by atoms with Crippen molar-refractivity contribution in [3.05, 3.63) is 35.9 Å². The molecule has 0 aromatic heterocycles. The first-order valence-electron chi connectivity index (χ1n) is 8.99. The minimum absolute atomic E-state index is 0.0244. The Morgan fingerprint density at radius 3 is 2.92 bits per heavy atom. The number of hydrogen-bond acceptors (Lipinski definition) is 5. The number of morpholine rings is 1. The number of carbonyl (C=O) groups excluding carboxylic acids is 1. The fraction of sp³-hybridized carbons (Fsp3) is 0.632. The molecule has 6 heteroatoms. The van der Waals surface area contributed by atoms with Gasteiger partial charge in [-0.25, -0.2) is 0 Å². The van der Waals surface area contributed by atoms with E-state index in [1.807, 2.05) is 13.1 Å². The highest BCUT2D eigenvalue weighted by Crippen LogP contribution is 2.12. The third-order valence-corrected chi connectivity index (χ3v) is 4.38. The lowest BCUT2D eigenvalue weighted by atomic mass is 10.1. The molecule has 0 spiro atoms. The molecule has 1 heterocycles. The maximum atomic E-state index is 12.1. The van der Waals surface area contributed by atoms with Crippen molar-refractivity contribution in [2.45, 2.75) is 19.1 Å². The number of carbonyl (C=O) groups is 1. The van der Waals surface area contributed by atoms with Crippen LogP contribution in [0.25, 0.3) is 0 Å². The van der Waals surface area contributed by atoms with Crippen LogP contribution in [0.4, 0.5) is 0 Å². The normalized spacial score (nSPS) is 18.4. The zero-order chi connectivity index (χ0) is 17.9. The van der Waals surface area contributed by atoms with Crippen LogP contribution >= 0.6 is 0 Å². The number of ether oxygens (including phenoxy) is 2. The summed E-state index contributed by atoms with van der Waals surface area (Å²) < 4.78 is 10.8. The van der Waals surface area contributed by atoms with Crippen molar-refractivity contribution in [3.63, 3.8) is 0 Å². The van der Waals surface area contributed by atoms with E-state index in [2.05, 4.69) is 39.4 Å². The van der Waals surface area contributed by atoms with Crippen LogP contribution in [0.2, 0.25) is 0 Å². The fourth-order valence-corrected chi connectivity index (χ4v) is 2.91. The van der Waals surface area contributed by atoms with Crippen LogP contribution < -0.4 is 5.32 Å². The van der Waals surface area contributed by atoms with Gasteiger partial charge in [0.1, 0.15) is 0 Å². The predicted octanol–water partition coefficient (Wildman–Crippen LogP) is 0.972. The predicted molar refractivity (Wildman–Crippen MR) is 98.5 cm³/mol. The highest BCUT2D eigenvalue weighted by Gasteiger charge is 2.22. The Balaban J connectivity index is 1.65. The number of amides is 1. The van der Waals surface area contributed by atoms with Gasteiger partial charge in [0.15, 0.2) is 0 Å². The van der Waals surface area contributed by atoms with Gasteiger partial charge in [0.25, 0.3) is 0 Å². The number of benzene rings is 1. The number of nitrogens with one attached hydrogen (secondary N) is 1. The summed E-state index contributed by atoms with van der Waals surface area (Å²) in [6.45, 7) is 6.36. The largest absolute Gasteiger partial charge is 0.383 e. The zero-order valence-corrected chi connectivity index (χ0v) is 15.4. The Bertz CT molecular complexity index is 498. The average Bonchev–Trinajstić information content (AvgIpc) is 2.61. The summed E-state index contributed by atoms with van der Waals surface area (Å²) in [6.07, 6.45) is 0.399. The number of rotatable bonds is 10. The van der Waals surface area contributed by atoms with E-state index in [1.165, 1.54) is 5.56 Å². The first-order chi connectivity index (χ1) is 12.2. The molecule has 0 unspecified atom stereocenters. The molecule has 2 rings (SSSR count). The van der Waals surface area contributed by atoms with Crippen molar-refractivity contribution in [1.29, 1.82) is 0 Å². The Kier molecular flexibility index (Phi) is 8.90. The molecule has 1 atom stereocenters. The Morgan fingerprint density at radius 2 is 2.16 bits per heavy atom. The summed E-state index contributed by atoms with van der Waals surface area (Å²) >= 11 is 0. The highest BCUT2D eigenvalue weighted by molar-refractivity contribution is 5.76. The van der Waals surface area contributed by atoms with Gasteiger partial charge in [-0.15, -0.1) is 0 Å². The molecule has 1 aromatic carbocycles. The second-order valence-corrected chi connectivity index (χ2v) is 6.56. The topological polar surface area (TPSA) is 54.0 Å². The van der Waals surface area contributed by atoms with Crippen LogP contribution in [0.15, 0.2) is 30.3 Å². The number of likely N-dealkylation sites (N-methyl/N-ethyl adjacent to an activating group) is 1. The molecule has 1 aliphatic heterocycles. The van der Waals surface area contributed by atoms with Crippen LogP contribution in [-0.4, -0.2) is 81.9 Å².